The number of aliphatic hydroxyl groups excluding tert-OH is 1. The standard InChI is InChI=1S/C17H18N2O2/c18-15-8-4-5-13(11-15)9-10-17(21)19-16(12-20)14-6-2-1-3-7-14/h1-11,16,20H,12,18H2,(H,19,21)/b10-9+/t16-/m0/s1. The summed E-state index contributed by atoms with van der Waals surface area (Å²) in [7, 11) is 0. The van der Waals surface area contributed by atoms with Crippen LogP contribution >= 0.6 is 0 Å². The van der Waals surface area contributed by atoms with Crippen molar-refractivity contribution in [1.29, 1.82) is 0 Å². The Kier molecular flexibility index (Phi) is 5.12. The Labute approximate surface area is 123 Å². The van der Waals surface area contributed by atoms with E-state index in [4.69, 9.17) is 5.73 Å². The third kappa shape index (κ3) is 4.47. The predicted molar refractivity (Wildman–Crippen MR) is 84.3 cm³/mol. The minimum absolute atomic E-state index is 0.151. The third-order valence-corrected chi connectivity index (χ3v) is 3.04. The van der Waals surface area contributed by atoms with Crippen molar-refractivity contribution in [2.45, 2.75) is 6.04 Å². The van der Waals surface area contributed by atoms with Crippen molar-refractivity contribution >= 4 is 17.7 Å². The zero-order valence-corrected chi connectivity index (χ0v) is 11.6. The first-order valence-corrected chi connectivity index (χ1v) is 6.69. The van der Waals surface area contributed by atoms with E-state index in [2.05, 4.69) is 5.32 Å². The molecule has 0 aliphatic carbocycles. The van der Waals surface area contributed by atoms with Crippen LogP contribution in [0, 0.1) is 0 Å². The smallest absolute Gasteiger partial charge is 0.244 e. The molecule has 0 aliphatic rings. The fraction of sp³-hybridized carbons (Fsp3) is 0.118. The summed E-state index contributed by atoms with van der Waals surface area (Å²) in [6.07, 6.45) is 3.12. The number of nitrogen functional groups attached to an aromatic ring is 1. The average Bonchev–Trinajstić information content (AvgIpc) is 2.51. The Morgan fingerprint density at radius 2 is 1.95 bits per heavy atom. The Morgan fingerprint density at radius 1 is 1.19 bits per heavy atom. The summed E-state index contributed by atoms with van der Waals surface area (Å²) in [6.45, 7) is -0.151. The van der Waals surface area contributed by atoms with Crippen LogP contribution in [-0.2, 0) is 4.79 Å². The van der Waals surface area contributed by atoms with Crippen LogP contribution in [0.4, 0.5) is 5.69 Å². The maximum Gasteiger partial charge on any atom is 0.244 e. The highest BCUT2D eigenvalue weighted by Gasteiger charge is 2.11. The fourth-order valence-corrected chi connectivity index (χ4v) is 1.97. The number of benzene rings is 2. The lowest BCUT2D eigenvalue weighted by atomic mass is 10.1. The van der Waals surface area contributed by atoms with Crippen LogP contribution in [0.15, 0.2) is 60.7 Å². The summed E-state index contributed by atoms with van der Waals surface area (Å²) in [5, 5.41) is 12.2. The van der Waals surface area contributed by atoms with Gasteiger partial charge in [-0.2, -0.15) is 0 Å². The van der Waals surface area contributed by atoms with Crippen molar-refractivity contribution in [1.82, 2.24) is 5.32 Å². The molecule has 0 heterocycles. The van der Waals surface area contributed by atoms with Crippen molar-refractivity contribution in [3.05, 3.63) is 71.8 Å². The molecule has 0 bridgehead atoms. The zero-order valence-electron chi connectivity index (χ0n) is 11.6. The highest BCUT2D eigenvalue weighted by molar-refractivity contribution is 5.92. The molecule has 0 saturated heterocycles. The topological polar surface area (TPSA) is 75.4 Å². The molecule has 0 fully saturated rings. The minimum Gasteiger partial charge on any atom is -0.399 e. The van der Waals surface area contributed by atoms with Crippen molar-refractivity contribution in [3.8, 4) is 0 Å². The van der Waals surface area contributed by atoms with Gasteiger partial charge in [0.1, 0.15) is 0 Å². The highest BCUT2D eigenvalue weighted by atomic mass is 16.3. The molecular formula is C17H18N2O2. The van der Waals surface area contributed by atoms with E-state index in [9.17, 15) is 9.90 Å². The van der Waals surface area contributed by atoms with E-state index in [1.165, 1.54) is 6.08 Å². The number of anilines is 1. The summed E-state index contributed by atoms with van der Waals surface area (Å²) >= 11 is 0. The molecule has 2 aromatic carbocycles. The minimum atomic E-state index is -0.413. The number of nitrogens with two attached hydrogens (primary N) is 1. The molecule has 4 N–H and O–H groups in total. The summed E-state index contributed by atoms with van der Waals surface area (Å²) < 4.78 is 0. The summed E-state index contributed by atoms with van der Waals surface area (Å²) in [5.74, 6) is -0.264. The number of rotatable bonds is 5. The Balaban J connectivity index is 2.00. The van der Waals surface area contributed by atoms with Crippen molar-refractivity contribution in [2.75, 3.05) is 12.3 Å². The van der Waals surface area contributed by atoms with Gasteiger partial charge in [0.05, 0.1) is 12.6 Å². The normalized spacial score (nSPS) is 12.2. The first-order valence-electron chi connectivity index (χ1n) is 6.69. The Hall–Kier alpha value is -2.59. The Morgan fingerprint density at radius 3 is 2.62 bits per heavy atom. The second kappa shape index (κ2) is 7.26. The van der Waals surface area contributed by atoms with Crippen LogP contribution in [0.1, 0.15) is 17.2 Å². The molecule has 108 valence electrons. The molecule has 2 rings (SSSR count). The summed E-state index contributed by atoms with van der Waals surface area (Å²) in [5.41, 5.74) is 8.04. The van der Waals surface area contributed by atoms with Gasteiger partial charge in [0.2, 0.25) is 5.91 Å². The van der Waals surface area contributed by atoms with Gasteiger partial charge in [-0.05, 0) is 29.3 Å². The zero-order chi connectivity index (χ0) is 15.1. The van der Waals surface area contributed by atoms with Gasteiger partial charge in [-0.1, -0.05) is 42.5 Å². The maximum atomic E-state index is 11.9. The second-order valence-corrected chi connectivity index (χ2v) is 4.66. The highest BCUT2D eigenvalue weighted by Crippen LogP contribution is 2.12. The molecule has 1 atom stereocenters. The van der Waals surface area contributed by atoms with Crippen LogP contribution in [0.25, 0.3) is 6.08 Å². The SMILES string of the molecule is Nc1cccc(/C=C/C(=O)N[C@@H](CO)c2ccccc2)c1. The van der Waals surface area contributed by atoms with Crippen LogP contribution < -0.4 is 11.1 Å². The second-order valence-electron chi connectivity index (χ2n) is 4.66. The molecular weight excluding hydrogens is 264 g/mol. The molecule has 1 amide bonds. The molecule has 4 heteroatoms. The number of nitrogens with one attached hydrogen (secondary N) is 1. The monoisotopic (exact) mass is 282 g/mol. The number of hydrogen-bond acceptors (Lipinski definition) is 3. The van der Waals surface area contributed by atoms with Gasteiger partial charge in [0, 0.05) is 11.8 Å². The molecule has 0 radical (unpaired) electrons. The number of carbonyl (C=O) groups excluding carboxylic acids is 1. The van der Waals surface area contributed by atoms with E-state index >= 15 is 0 Å². The molecule has 0 aromatic heterocycles. The third-order valence-electron chi connectivity index (χ3n) is 3.04. The molecule has 0 spiro atoms. The van der Waals surface area contributed by atoms with Crippen LogP contribution in [0.5, 0.6) is 0 Å². The van der Waals surface area contributed by atoms with Gasteiger partial charge >= 0.3 is 0 Å². The van der Waals surface area contributed by atoms with Crippen molar-refractivity contribution in [3.63, 3.8) is 0 Å². The summed E-state index contributed by atoms with van der Waals surface area (Å²) in [4.78, 5) is 11.9. The van der Waals surface area contributed by atoms with Gasteiger partial charge < -0.3 is 16.2 Å². The van der Waals surface area contributed by atoms with Crippen LogP contribution in [0.3, 0.4) is 0 Å². The predicted octanol–water partition coefficient (Wildman–Crippen LogP) is 2.13. The van der Waals surface area contributed by atoms with Crippen LogP contribution in [-0.4, -0.2) is 17.6 Å². The number of hydrogen-bond donors (Lipinski definition) is 3. The lowest BCUT2D eigenvalue weighted by molar-refractivity contribution is -0.117. The van der Waals surface area contributed by atoms with Crippen molar-refractivity contribution in [2.24, 2.45) is 0 Å². The van der Waals surface area contributed by atoms with E-state index in [-0.39, 0.29) is 12.5 Å². The van der Waals surface area contributed by atoms with Gasteiger partial charge in [-0.3, -0.25) is 4.79 Å². The number of carbonyl (C=O) groups is 1. The van der Waals surface area contributed by atoms with Gasteiger partial charge in [-0.25, -0.2) is 0 Å². The fourth-order valence-electron chi connectivity index (χ4n) is 1.97. The van der Waals surface area contributed by atoms with E-state index < -0.39 is 6.04 Å². The largest absolute Gasteiger partial charge is 0.399 e. The van der Waals surface area contributed by atoms with E-state index in [0.29, 0.717) is 5.69 Å². The van der Waals surface area contributed by atoms with Crippen molar-refractivity contribution < 1.29 is 9.90 Å². The van der Waals surface area contributed by atoms with E-state index in [1.807, 2.05) is 42.5 Å². The van der Waals surface area contributed by atoms with Gasteiger partial charge in [-0.15, -0.1) is 0 Å². The lowest BCUT2D eigenvalue weighted by Gasteiger charge is -2.15. The average molecular weight is 282 g/mol. The first-order chi connectivity index (χ1) is 10.2. The maximum absolute atomic E-state index is 11.9. The molecule has 0 aliphatic heterocycles. The van der Waals surface area contributed by atoms with Crippen LogP contribution in [0.2, 0.25) is 0 Å². The molecule has 0 unspecified atom stereocenters. The van der Waals surface area contributed by atoms with E-state index in [1.54, 1.807) is 18.2 Å². The Bertz CT molecular complexity index is 624. The lowest BCUT2D eigenvalue weighted by Crippen LogP contribution is -2.29. The quantitative estimate of drug-likeness (QED) is 0.581. The summed E-state index contributed by atoms with van der Waals surface area (Å²) in [6, 6.07) is 16.2. The first kappa shape index (κ1) is 14.8. The molecule has 2 aromatic rings. The molecule has 21 heavy (non-hydrogen) atoms. The number of amides is 1. The van der Waals surface area contributed by atoms with Gasteiger partial charge in [0.25, 0.3) is 0 Å². The molecule has 0 saturated carbocycles. The molecule has 4 nitrogen and oxygen atoms in total. The van der Waals surface area contributed by atoms with Gasteiger partial charge in [0.15, 0.2) is 0 Å². The number of aliphatic hydroxyl groups is 1. The van der Waals surface area contributed by atoms with E-state index in [0.717, 1.165) is 11.1 Å².